The fourth-order valence-corrected chi connectivity index (χ4v) is 0.951. The molecule has 14 heavy (non-hydrogen) atoms. The summed E-state index contributed by atoms with van der Waals surface area (Å²) in [5, 5.41) is 18.2. The number of aliphatic carboxylic acids is 1. The van der Waals surface area contributed by atoms with Gasteiger partial charge in [0, 0.05) is 6.42 Å². The quantitative estimate of drug-likeness (QED) is 0.711. The molecule has 76 valence electrons. The molecule has 0 saturated heterocycles. The molecule has 0 radical (unpaired) electrons. The molecule has 1 aromatic carbocycles. The summed E-state index contributed by atoms with van der Waals surface area (Å²) in [4.78, 5) is 10.7. The predicted octanol–water partition coefficient (Wildman–Crippen LogP) is 1.25. The lowest BCUT2D eigenvalue weighted by Gasteiger charge is -2.22. The van der Waals surface area contributed by atoms with Crippen molar-refractivity contribution in [2.45, 2.75) is 19.1 Å². The molecule has 0 aromatic heterocycles. The van der Waals surface area contributed by atoms with Crippen LogP contribution in [-0.4, -0.2) is 22.0 Å². The molecule has 1 unspecified atom stereocenters. The maximum absolute atomic E-state index is 10.7. The third-order valence-corrected chi connectivity index (χ3v) is 1.84. The number of hydrogen-bond donors (Lipinski definition) is 2. The Morgan fingerprint density at radius 1 is 1.43 bits per heavy atom. The number of para-hydroxylation sites is 1. The van der Waals surface area contributed by atoms with E-state index in [0.29, 0.717) is 5.75 Å². The minimum Gasteiger partial charge on any atom is -0.476 e. The third kappa shape index (κ3) is 2.23. The highest BCUT2D eigenvalue weighted by Crippen LogP contribution is 2.18. The molecule has 0 amide bonds. The van der Waals surface area contributed by atoms with Crippen LogP contribution in [0.5, 0.6) is 5.75 Å². The zero-order chi connectivity index (χ0) is 10.6. The highest BCUT2D eigenvalue weighted by molar-refractivity contribution is 5.75. The lowest BCUT2D eigenvalue weighted by Crippen LogP contribution is -2.43. The van der Waals surface area contributed by atoms with E-state index >= 15 is 0 Å². The molecular weight excluding hydrogens is 184 g/mol. The second-order valence-corrected chi connectivity index (χ2v) is 2.86. The predicted molar refractivity (Wildman–Crippen MR) is 49.9 cm³/mol. The van der Waals surface area contributed by atoms with Gasteiger partial charge in [0.15, 0.2) is 0 Å². The summed E-state index contributed by atoms with van der Waals surface area (Å²) in [7, 11) is 0. The van der Waals surface area contributed by atoms with Crippen LogP contribution in [-0.2, 0) is 4.79 Å². The summed E-state index contributed by atoms with van der Waals surface area (Å²) >= 11 is 0. The number of ether oxygens (including phenoxy) is 1. The van der Waals surface area contributed by atoms with Gasteiger partial charge >= 0.3 is 11.8 Å². The fourth-order valence-electron chi connectivity index (χ4n) is 0.951. The molecule has 4 nitrogen and oxygen atoms in total. The normalized spacial score (nSPS) is 14.4. The van der Waals surface area contributed by atoms with Crippen molar-refractivity contribution in [3.63, 3.8) is 0 Å². The van der Waals surface area contributed by atoms with E-state index in [1.807, 2.05) is 0 Å². The fraction of sp³-hybridized carbons (Fsp3) is 0.300. The Bertz CT molecular complexity index is 309. The molecule has 0 spiro atoms. The molecule has 2 N–H and O–H groups in total. The molecule has 0 aliphatic carbocycles. The number of carboxylic acid groups (broad SMARTS) is 1. The lowest BCUT2D eigenvalue weighted by atomic mass is 10.2. The number of benzene rings is 1. The Morgan fingerprint density at radius 3 is 2.43 bits per heavy atom. The second kappa shape index (κ2) is 4.11. The molecular formula is C10H12O4. The van der Waals surface area contributed by atoms with Crippen LogP contribution >= 0.6 is 0 Å². The number of rotatable bonds is 4. The molecule has 1 atom stereocenters. The van der Waals surface area contributed by atoms with Gasteiger partial charge in [-0.2, -0.15) is 0 Å². The van der Waals surface area contributed by atoms with E-state index in [4.69, 9.17) is 9.84 Å². The number of carboxylic acids is 1. The summed E-state index contributed by atoms with van der Waals surface area (Å²) in [5.41, 5.74) is 0. The average molecular weight is 196 g/mol. The van der Waals surface area contributed by atoms with E-state index in [9.17, 15) is 9.90 Å². The highest BCUT2D eigenvalue weighted by atomic mass is 16.6. The Balaban J connectivity index is 2.81. The van der Waals surface area contributed by atoms with E-state index < -0.39 is 11.8 Å². The first-order chi connectivity index (χ1) is 6.58. The van der Waals surface area contributed by atoms with E-state index in [2.05, 4.69) is 0 Å². The van der Waals surface area contributed by atoms with Gasteiger partial charge in [0.1, 0.15) is 5.75 Å². The van der Waals surface area contributed by atoms with Crippen LogP contribution in [0.1, 0.15) is 13.3 Å². The van der Waals surface area contributed by atoms with Crippen LogP contribution in [0.15, 0.2) is 30.3 Å². The van der Waals surface area contributed by atoms with Crippen LogP contribution in [0.3, 0.4) is 0 Å². The molecule has 0 aliphatic heterocycles. The van der Waals surface area contributed by atoms with Crippen molar-refractivity contribution in [2.75, 3.05) is 0 Å². The first kappa shape index (κ1) is 10.5. The average Bonchev–Trinajstić information content (AvgIpc) is 2.19. The largest absolute Gasteiger partial charge is 0.476 e. The van der Waals surface area contributed by atoms with Crippen molar-refractivity contribution < 1.29 is 19.7 Å². The molecule has 0 bridgehead atoms. The van der Waals surface area contributed by atoms with Gasteiger partial charge in [-0.3, -0.25) is 0 Å². The lowest BCUT2D eigenvalue weighted by molar-refractivity contribution is -0.194. The summed E-state index contributed by atoms with van der Waals surface area (Å²) in [6.45, 7) is 1.54. The van der Waals surface area contributed by atoms with Crippen LogP contribution in [0.4, 0.5) is 0 Å². The highest BCUT2D eigenvalue weighted by Gasteiger charge is 2.36. The molecule has 0 fully saturated rings. The van der Waals surface area contributed by atoms with E-state index in [-0.39, 0.29) is 6.42 Å². The minimum atomic E-state index is -2.14. The van der Waals surface area contributed by atoms with Gasteiger partial charge in [0.25, 0.3) is 0 Å². The zero-order valence-corrected chi connectivity index (χ0v) is 7.80. The van der Waals surface area contributed by atoms with Gasteiger partial charge in [-0.15, -0.1) is 0 Å². The van der Waals surface area contributed by atoms with Crippen molar-refractivity contribution in [1.82, 2.24) is 0 Å². The number of carbonyl (C=O) groups is 1. The van der Waals surface area contributed by atoms with Gasteiger partial charge in [-0.25, -0.2) is 4.79 Å². The van der Waals surface area contributed by atoms with E-state index in [0.717, 1.165) is 0 Å². The summed E-state index contributed by atoms with van der Waals surface area (Å²) in [6, 6.07) is 8.35. The first-order valence-electron chi connectivity index (χ1n) is 4.28. The Hall–Kier alpha value is -1.55. The Labute approximate surface area is 81.8 Å². The minimum absolute atomic E-state index is 0.0166. The molecule has 0 aliphatic rings. The maximum Gasteiger partial charge on any atom is 0.377 e. The summed E-state index contributed by atoms with van der Waals surface area (Å²) < 4.78 is 4.97. The monoisotopic (exact) mass is 196 g/mol. The molecule has 4 heteroatoms. The topological polar surface area (TPSA) is 66.8 Å². The first-order valence-corrected chi connectivity index (χ1v) is 4.28. The second-order valence-electron chi connectivity index (χ2n) is 2.86. The van der Waals surface area contributed by atoms with Crippen LogP contribution in [0.25, 0.3) is 0 Å². The molecule has 0 heterocycles. The zero-order valence-electron chi connectivity index (χ0n) is 7.80. The van der Waals surface area contributed by atoms with Crippen molar-refractivity contribution in [3.05, 3.63) is 30.3 Å². The Morgan fingerprint density at radius 2 is 2.00 bits per heavy atom. The SMILES string of the molecule is CCC(O)(Oc1ccccc1)C(=O)O. The number of hydrogen-bond acceptors (Lipinski definition) is 3. The van der Waals surface area contributed by atoms with Crippen LogP contribution < -0.4 is 4.74 Å². The smallest absolute Gasteiger partial charge is 0.377 e. The molecule has 1 rings (SSSR count). The van der Waals surface area contributed by atoms with Crippen LogP contribution in [0.2, 0.25) is 0 Å². The van der Waals surface area contributed by atoms with Gasteiger partial charge in [-0.05, 0) is 12.1 Å². The van der Waals surface area contributed by atoms with Gasteiger partial charge in [-0.1, -0.05) is 25.1 Å². The summed E-state index contributed by atoms with van der Waals surface area (Å²) in [5.74, 6) is -3.19. The van der Waals surface area contributed by atoms with Crippen molar-refractivity contribution >= 4 is 5.97 Å². The molecule has 1 aromatic rings. The van der Waals surface area contributed by atoms with Gasteiger partial charge < -0.3 is 14.9 Å². The standard InChI is InChI=1S/C10H12O4/c1-2-10(13,9(11)12)14-8-6-4-3-5-7-8/h3-7,13H,2H2,1H3,(H,11,12). The van der Waals surface area contributed by atoms with Crippen LogP contribution in [0, 0.1) is 0 Å². The Kier molecular flexibility index (Phi) is 3.09. The third-order valence-electron chi connectivity index (χ3n) is 1.84. The van der Waals surface area contributed by atoms with Crippen molar-refractivity contribution in [1.29, 1.82) is 0 Å². The van der Waals surface area contributed by atoms with Crippen molar-refractivity contribution in [2.24, 2.45) is 0 Å². The molecule has 0 saturated carbocycles. The van der Waals surface area contributed by atoms with Gasteiger partial charge in [0.2, 0.25) is 0 Å². The van der Waals surface area contributed by atoms with E-state index in [1.165, 1.54) is 6.92 Å². The maximum atomic E-state index is 10.7. The van der Waals surface area contributed by atoms with E-state index in [1.54, 1.807) is 30.3 Å². The van der Waals surface area contributed by atoms with Crippen molar-refractivity contribution in [3.8, 4) is 5.75 Å². The number of aliphatic hydroxyl groups is 1. The summed E-state index contributed by atoms with van der Waals surface area (Å²) in [6.07, 6.45) is -0.0166. The van der Waals surface area contributed by atoms with Gasteiger partial charge in [0.05, 0.1) is 0 Å².